The molecule has 0 aliphatic rings. The lowest BCUT2D eigenvalue weighted by Gasteiger charge is -2.12. The van der Waals surface area contributed by atoms with Crippen LogP contribution in [-0.4, -0.2) is 17.7 Å². The predicted molar refractivity (Wildman–Crippen MR) is 57.7 cm³/mol. The lowest BCUT2D eigenvalue weighted by Crippen LogP contribution is -2.16. The second-order valence-corrected chi connectivity index (χ2v) is 3.69. The highest BCUT2D eigenvalue weighted by Crippen LogP contribution is 2.30. The first kappa shape index (κ1) is 14.5. The van der Waals surface area contributed by atoms with Crippen molar-refractivity contribution >= 4 is 5.97 Å². The monoisotopic (exact) mass is 262 g/mol. The Balaban J connectivity index is 2.76. The number of carbonyl (C=O) groups excluding carboxylic acids is 1. The number of aliphatic hydroxyl groups is 1. The van der Waals surface area contributed by atoms with E-state index in [1.54, 1.807) is 6.92 Å². The van der Waals surface area contributed by atoms with Crippen LogP contribution >= 0.6 is 0 Å². The largest absolute Gasteiger partial charge is 0.464 e. The van der Waals surface area contributed by atoms with Crippen LogP contribution in [0.2, 0.25) is 0 Å². The summed E-state index contributed by atoms with van der Waals surface area (Å²) in [5.41, 5.74) is -0.760. The first-order valence-electron chi connectivity index (χ1n) is 5.38. The second kappa shape index (κ2) is 5.86. The molecular formula is C12H13F3O3. The molecule has 0 aromatic heterocycles. The molecule has 1 rings (SSSR count). The molecule has 1 unspecified atom stereocenters. The van der Waals surface area contributed by atoms with Crippen molar-refractivity contribution < 1.29 is 27.8 Å². The van der Waals surface area contributed by atoms with Gasteiger partial charge in [0.2, 0.25) is 0 Å². The number of carbonyl (C=O) groups is 1. The van der Waals surface area contributed by atoms with E-state index in [0.717, 1.165) is 24.3 Å². The van der Waals surface area contributed by atoms with E-state index in [1.165, 1.54) is 0 Å². The molecule has 1 aromatic carbocycles. The Hall–Kier alpha value is -1.56. The molecule has 1 N–H and O–H groups in total. The molecular weight excluding hydrogens is 249 g/mol. The van der Waals surface area contributed by atoms with Crippen molar-refractivity contribution in [2.24, 2.45) is 0 Å². The van der Waals surface area contributed by atoms with Gasteiger partial charge in [-0.15, -0.1) is 0 Å². The number of rotatable bonds is 4. The third-order valence-corrected chi connectivity index (χ3v) is 2.23. The molecule has 0 saturated carbocycles. The van der Waals surface area contributed by atoms with Gasteiger partial charge in [-0.2, -0.15) is 13.2 Å². The van der Waals surface area contributed by atoms with E-state index >= 15 is 0 Å². The van der Waals surface area contributed by atoms with Crippen LogP contribution in [0.25, 0.3) is 0 Å². The average molecular weight is 262 g/mol. The number of benzene rings is 1. The fraction of sp³-hybridized carbons (Fsp3) is 0.417. The van der Waals surface area contributed by atoms with Crippen LogP contribution in [0.4, 0.5) is 13.2 Å². The highest BCUT2D eigenvalue weighted by molar-refractivity contribution is 5.76. The average Bonchev–Trinajstić information content (AvgIpc) is 2.34. The summed E-state index contributed by atoms with van der Waals surface area (Å²) in [5, 5.41) is 9.55. The van der Waals surface area contributed by atoms with Gasteiger partial charge in [0.25, 0.3) is 0 Å². The van der Waals surface area contributed by atoms with Crippen molar-refractivity contribution in [3.8, 4) is 0 Å². The number of halogens is 3. The number of alkyl halides is 3. The number of hydrogen-bond acceptors (Lipinski definition) is 3. The summed E-state index contributed by atoms with van der Waals surface area (Å²) in [5.74, 6) is -0.864. The predicted octanol–water partition coefficient (Wildman–Crippen LogP) is 2.69. The number of ether oxygens (including phenoxy) is 1. The van der Waals surface area contributed by atoms with Gasteiger partial charge in [0.1, 0.15) is 0 Å². The van der Waals surface area contributed by atoms with E-state index in [1.807, 2.05) is 0 Å². The Morgan fingerprint density at radius 3 is 2.33 bits per heavy atom. The molecule has 0 spiro atoms. The fourth-order valence-corrected chi connectivity index (χ4v) is 1.27. The molecule has 1 aromatic rings. The maximum Gasteiger partial charge on any atom is 0.416 e. The molecule has 0 heterocycles. The van der Waals surface area contributed by atoms with Gasteiger partial charge in [0.15, 0.2) is 6.10 Å². The zero-order valence-corrected chi connectivity index (χ0v) is 9.70. The van der Waals surface area contributed by atoms with Crippen molar-refractivity contribution in [2.75, 3.05) is 6.61 Å². The summed E-state index contributed by atoms with van der Waals surface area (Å²) in [7, 11) is 0. The van der Waals surface area contributed by atoms with Crippen molar-refractivity contribution in [3.05, 3.63) is 35.4 Å². The zero-order valence-electron chi connectivity index (χ0n) is 9.70. The molecule has 0 aliphatic heterocycles. The zero-order chi connectivity index (χ0) is 13.8. The minimum Gasteiger partial charge on any atom is -0.464 e. The van der Waals surface area contributed by atoms with E-state index in [9.17, 15) is 23.1 Å². The summed E-state index contributed by atoms with van der Waals surface area (Å²) in [6.45, 7) is 1.95. The van der Waals surface area contributed by atoms with Crippen LogP contribution in [0.5, 0.6) is 0 Å². The molecule has 0 bridgehead atoms. The Morgan fingerprint density at radius 2 is 1.89 bits per heavy atom. The molecule has 0 fully saturated rings. The summed E-state index contributed by atoms with van der Waals surface area (Å²) < 4.78 is 41.6. The first-order valence-corrected chi connectivity index (χ1v) is 5.38. The number of hydrogen-bond donors (Lipinski definition) is 1. The molecule has 0 saturated heterocycles. The van der Waals surface area contributed by atoms with Crippen LogP contribution in [0.1, 0.15) is 30.6 Å². The quantitative estimate of drug-likeness (QED) is 0.848. The standard InChI is InChI=1S/C12H13F3O3/c1-2-7-18-11(17)10(16)8-3-5-9(6-4-8)12(13,14)15/h3-6,10,16H,2,7H2,1H3. The smallest absolute Gasteiger partial charge is 0.416 e. The van der Waals surface area contributed by atoms with E-state index in [4.69, 9.17) is 4.74 Å². The van der Waals surface area contributed by atoms with Gasteiger partial charge in [0.05, 0.1) is 12.2 Å². The van der Waals surface area contributed by atoms with Gasteiger partial charge in [0, 0.05) is 0 Å². The van der Waals surface area contributed by atoms with E-state index < -0.39 is 23.8 Å². The van der Waals surface area contributed by atoms with Gasteiger partial charge in [-0.3, -0.25) is 0 Å². The Labute approximate surface area is 102 Å². The van der Waals surface area contributed by atoms with Gasteiger partial charge in [-0.1, -0.05) is 19.1 Å². The van der Waals surface area contributed by atoms with E-state index in [-0.39, 0.29) is 12.2 Å². The Bertz CT molecular complexity index is 398. The highest BCUT2D eigenvalue weighted by atomic mass is 19.4. The lowest BCUT2D eigenvalue weighted by atomic mass is 10.1. The van der Waals surface area contributed by atoms with Crippen molar-refractivity contribution in [1.29, 1.82) is 0 Å². The van der Waals surface area contributed by atoms with Gasteiger partial charge < -0.3 is 9.84 Å². The van der Waals surface area contributed by atoms with E-state index in [0.29, 0.717) is 6.42 Å². The number of esters is 1. The number of aliphatic hydroxyl groups excluding tert-OH is 1. The summed E-state index contributed by atoms with van der Waals surface area (Å²) >= 11 is 0. The Kier molecular flexibility index (Phi) is 4.72. The second-order valence-electron chi connectivity index (χ2n) is 3.69. The third kappa shape index (κ3) is 3.73. The molecule has 1 atom stereocenters. The van der Waals surface area contributed by atoms with Gasteiger partial charge in [-0.05, 0) is 24.1 Å². The lowest BCUT2D eigenvalue weighted by molar-refractivity contribution is -0.153. The molecule has 6 heteroatoms. The van der Waals surface area contributed by atoms with Crippen molar-refractivity contribution in [1.82, 2.24) is 0 Å². The molecule has 0 amide bonds. The minimum atomic E-state index is -4.44. The molecule has 100 valence electrons. The van der Waals surface area contributed by atoms with Crippen LogP contribution in [0, 0.1) is 0 Å². The van der Waals surface area contributed by atoms with E-state index in [2.05, 4.69) is 0 Å². The minimum absolute atomic E-state index is 0.0732. The third-order valence-electron chi connectivity index (χ3n) is 2.23. The maximum atomic E-state index is 12.3. The van der Waals surface area contributed by atoms with Crippen molar-refractivity contribution in [3.63, 3.8) is 0 Å². The van der Waals surface area contributed by atoms with Crippen LogP contribution in [0.15, 0.2) is 24.3 Å². The highest BCUT2D eigenvalue weighted by Gasteiger charge is 2.30. The van der Waals surface area contributed by atoms with Crippen LogP contribution < -0.4 is 0 Å². The Morgan fingerprint density at radius 1 is 1.33 bits per heavy atom. The maximum absolute atomic E-state index is 12.3. The summed E-state index contributed by atoms with van der Waals surface area (Å²) in [6, 6.07) is 3.73. The first-order chi connectivity index (χ1) is 8.36. The fourth-order valence-electron chi connectivity index (χ4n) is 1.27. The molecule has 3 nitrogen and oxygen atoms in total. The molecule has 18 heavy (non-hydrogen) atoms. The van der Waals surface area contributed by atoms with Gasteiger partial charge in [-0.25, -0.2) is 4.79 Å². The molecule has 0 aliphatic carbocycles. The SMILES string of the molecule is CCCOC(=O)C(O)c1ccc(C(F)(F)F)cc1. The molecule has 0 radical (unpaired) electrons. The summed E-state index contributed by atoms with van der Waals surface area (Å²) in [6.07, 6.45) is -5.39. The van der Waals surface area contributed by atoms with Gasteiger partial charge >= 0.3 is 12.1 Å². The van der Waals surface area contributed by atoms with Crippen molar-refractivity contribution in [2.45, 2.75) is 25.6 Å². The normalized spacial score (nSPS) is 13.2. The summed E-state index contributed by atoms with van der Waals surface area (Å²) in [4.78, 5) is 11.3. The topological polar surface area (TPSA) is 46.5 Å². The van der Waals surface area contributed by atoms with Crippen LogP contribution in [-0.2, 0) is 15.7 Å². The van der Waals surface area contributed by atoms with Crippen LogP contribution in [0.3, 0.4) is 0 Å².